The van der Waals surface area contributed by atoms with Crippen molar-refractivity contribution < 1.29 is 0 Å². The summed E-state index contributed by atoms with van der Waals surface area (Å²) in [5, 5.41) is 7.17. The number of para-hydroxylation sites is 2. The molecular formula is C23H20N2. The number of hydrogen-bond acceptors (Lipinski definition) is 2. The Morgan fingerprint density at radius 2 is 1.28 bits per heavy atom. The molecule has 1 heterocycles. The minimum absolute atomic E-state index is 0.118. The molecule has 1 aliphatic heterocycles. The zero-order valence-electron chi connectivity index (χ0n) is 13.9. The van der Waals surface area contributed by atoms with Gasteiger partial charge in [-0.3, -0.25) is 0 Å². The van der Waals surface area contributed by atoms with Gasteiger partial charge in [0.1, 0.15) is 0 Å². The first-order chi connectivity index (χ1) is 12.4. The van der Waals surface area contributed by atoms with E-state index >= 15 is 0 Å². The van der Waals surface area contributed by atoms with E-state index in [1.165, 1.54) is 11.1 Å². The van der Waals surface area contributed by atoms with Crippen molar-refractivity contribution in [2.75, 3.05) is 10.6 Å². The lowest BCUT2D eigenvalue weighted by atomic mass is 10.1. The number of allylic oxidation sites excluding steroid dienone is 1. The predicted molar refractivity (Wildman–Crippen MR) is 106 cm³/mol. The van der Waals surface area contributed by atoms with Crippen molar-refractivity contribution in [1.29, 1.82) is 0 Å². The Hall–Kier alpha value is -3.26. The molecule has 1 atom stereocenters. The van der Waals surface area contributed by atoms with Crippen molar-refractivity contribution >= 4 is 17.5 Å². The van der Waals surface area contributed by atoms with Gasteiger partial charge in [0.05, 0.1) is 17.4 Å². The molecule has 4 rings (SSSR count). The van der Waals surface area contributed by atoms with E-state index in [0.29, 0.717) is 0 Å². The van der Waals surface area contributed by atoms with Gasteiger partial charge in [0.15, 0.2) is 0 Å². The van der Waals surface area contributed by atoms with Gasteiger partial charge in [-0.2, -0.15) is 0 Å². The third kappa shape index (κ3) is 3.64. The maximum Gasteiger partial charge on any atom is 0.0721 e. The van der Waals surface area contributed by atoms with Gasteiger partial charge in [-0.1, -0.05) is 78.9 Å². The second-order valence-electron chi connectivity index (χ2n) is 6.07. The van der Waals surface area contributed by atoms with Gasteiger partial charge < -0.3 is 10.6 Å². The second kappa shape index (κ2) is 7.10. The summed E-state index contributed by atoms with van der Waals surface area (Å²) in [6.07, 6.45) is 6.50. The first kappa shape index (κ1) is 15.3. The zero-order chi connectivity index (χ0) is 16.9. The predicted octanol–water partition coefficient (Wildman–Crippen LogP) is 5.86. The van der Waals surface area contributed by atoms with Crippen LogP contribution < -0.4 is 10.6 Å². The molecule has 0 amide bonds. The highest BCUT2D eigenvalue weighted by Gasteiger charge is 2.15. The fourth-order valence-corrected chi connectivity index (χ4v) is 2.99. The standard InChI is InChI=1S/C23H20N2/c1-3-9-18(10-4-1)15-16-20-17-23(19-11-5-2-6-12-19)25-22-14-8-7-13-21(22)24-20/h1-17,23-25H/t23-/m0/s1. The summed E-state index contributed by atoms with van der Waals surface area (Å²) >= 11 is 0. The van der Waals surface area contributed by atoms with Crippen LogP contribution in [0.25, 0.3) is 6.08 Å². The zero-order valence-corrected chi connectivity index (χ0v) is 13.9. The SMILES string of the molecule is C(=Cc1ccccc1)C1=C[C@@H](c2ccccc2)Nc2ccccc2N1. The van der Waals surface area contributed by atoms with Crippen LogP contribution in [0.4, 0.5) is 11.4 Å². The number of anilines is 2. The first-order valence-corrected chi connectivity index (χ1v) is 8.51. The summed E-state index contributed by atoms with van der Waals surface area (Å²) in [7, 11) is 0. The summed E-state index contributed by atoms with van der Waals surface area (Å²) in [5.74, 6) is 0. The normalized spacial score (nSPS) is 16.3. The molecule has 3 aromatic rings. The molecule has 122 valence electrons. The molecule has 3 aromatic carbocycles. The number of fused-ring (bicyclic) bond motifs is 1. The summed E-state index contributed by atoms with van der Waals surface area (Å²) in [4.78, 5) is 0. The van der Waals surface area contributed by atoms with Crippen molar-refractivity contribution in [2.45, 2.75) is 6.04 Å². The summed E-state index contributed by atoms with van der Waals surface area (Å²) in [6, 6.07) is 29.3. The quantitative estimate of drug-likeness (QED) is 0.630. The van der Waals surface area contributed by atoms with Gasteiger partial charge in [-0.15, -0.1) is 0 Å². The van der Waals surface area contributed by atoms with Gasteiger partial charge in [-0.25, -0.2) is 0 Å². The summed E-state index contributed by atoms with van der Waals surface area (Å²) < 4.78 is 0. The van der Waals surface area contributed by atoms with Crippen LogP contribution in [0.5, 0.6) is 0 Å². The maximum atomic E-state index is 3.63. The Bertz CT molecular complexity index is 896. The van der Waals surface area contributed by atoms with Crippen LogP contribution in [0.1, 0.15) is 17.2 Å². The third-order valence-corrected chi connectivity index (χ3v) is 4.28. The van der Waals surface area contributed by atoms with Crippen molar-refractivity contribution in [3.05, 3.63) is 114 Å². The Morgan fingerprint density at radius 3 is 2.04 bits per heavy atom. The fraction of sp³-hybridized carbons (Fsp3) is 0.0435. The maximum absolute atomic E-state index is 3.63. The van der Waals surface area contributed by atoms with Crippen LogP contribution in [0, 0.1) is 0 Å². The first-order valence-electron chi connectivity index (χ1n) is 8.51. The lowest BCUT2D eigenvalue weighted by Gasteiger charge is -2.16. The smallest absolute Gasteiger partial charge is 0.0721 e. The van der Waals surface area contributed by atoms with Crippen LogP contribution in [0.2, 0.25) is 0 Å². The minimum Gasteiger partial charge on any atom is -0.373 e. The Balaban J connectivity index is 1.70. The van der Waals surface area contributed by atoms with Crippen LogP contribution >= 0.6 is 0 Å². The van der Waals surface area contributed by atoms with Gasteiger partial charge in [0.25, 0.3) is 0 Å². The van der Waals surface area contributed by atoms with E-state index in [1.807, 2.05) is 12.1 Å². The fourth-order valence-electron chi connectivity index (χ4n) is 2.99. The number of benzene rings is 3. The Kier molecular flexibility index (Phi) is 4.34. The Labute approximate surface area is 148 Å². The van der Waals surface area contributed by atoms with E-state index in [2.05, 4.69) is 102 Å². The van der Waals surface area contributed by atoms with E-state index in [4.69, 9.17) is 0 Å². The minimum atomic E-state index is 0.118. The average Bonchev–Trinajstić information content (AvgIpc) is 2.87. The van der Waals surface area contributed by atoms with Crippen molar-refractivity contribution in [2.24, 2.45) is 0 Å². The molecular weight excluding hydrogens is 304 g/mol. The molecule has 1 aliphatic rings. The van der Waals surface area contributed by atoms with Crippen LogP contribution in [-0.4, -0.2) is 0 Å². The topological polar surface area (TPSA) is 24.1 Å². The molecule has 0 bridgehead atoms. The van der Waals surface area contributed by atoms with Gasteiger partial charge in [-0.05, 0) is 35.4 Å². The van der Waals surface area contributed by atoms with E-state index in [9.17, 15) is 0 Å². The lowest BCUT2D eigenvalue weighted by molar-refractivity contribution is 0.985. The third-order valence-electron chi connectivity index (χ3n) is 4.28. The molecule has 0 saturated heterocycles. The van der Waals surface area contributed by atoms with Crippen molar-refractivity contribution in [3.63, 3.8) is 0 Å². The molecule has 0 saturated carbocycles. The molecule has 2 heteroatoms. The molecule has 0 radical (unpaired) electrons. The van der Waals surface area contributed by atoms with E-state index in [-0.39, 0.29) is 6.04 Å². The highest BCUT2D eigenvalue weighted by Crippen LogP contribution is 2.32. The highest BCUT2D eigenvalue weighted by atomic mass is 15.0. The molecule has 2 nitrogen and oxygen atoms in total. The molecule has 0 spiro atoms. The van der Waals surface area contributed by atoms with Crippen LogP contribution in [-0.2, 0) is 0 Å². The van der Waals surface area contributed by atoms with Gasteiger partial charge in [0, 0.05) is 5.70 Å². The van der Waals surface area contributed by atoms with E-state index in [0.717, 1.165) is 17.1 Å². The molecule has 25 heavy (non-hydrogen) atoms. The van der Waals surface area contributed by atoms with Crippen LogP contribution in [0.3, 0.4) is 0 Å². The van der Waals surface area contributed by atoms with Gasteiger partial charge in [0.2, 0.25) is 0 Å². The highest BCUT2D eigenvalue weighted by molar-refractivity contribution is 5.74. The molecule has 2 N–H and O–H groups in total. The lowest BCUT2D eigenvalue weighted by Crippen LogP contribution is -2.07. The summed E-state index contributed by atoms with van der Waals surface area (Å²) in [5.41, 5.74) is 5.70. The average molecular weight is 324 g/mol. The Morgan fingerprint density at radius 1 is 0.640 bits per heavy atom. The molecule has 0 unspecified atom stereocenters. The van der Waals surface area contributed by atoms with Crippen LogP contribution in [0.15, 0.2) is 103 Å². The monoisotopic (exact) mass is 324 g/mol. The largest absolute Gasteiger partial charge is 0.373 e. The second-order valence-corrected chi connectivity index (χ2v) is 6.07. The van der Waals surface area contributed by atoms with Crippen molar-refractivity contribution in [3.8, 4) is 0 Å². The molecule has 0 aliphatic carbocycles. The van der Waals surface area contributed by atoms with Crippen molar-refractivity contribution in [1.82, 2.24) is 0 Å². The number of hydrogen-bond donors (Lipinski definition) is 2. The number of rotatable bonds is 3. The molecule has 0 aromatic heterocycles. The van der Waals surface area contributed by atoms with E-state index in [1.54, 1.807) is 0 Å². The number of nitrogens with one attached hydrogen (secondary N) is 2. The summed E-state index contributed by atoms with van der Waals surface area (Å²) in [6.45, 7) is 0. The van der Waals surface area contributed by atoms with Gasteiger partial charge >= 0.3 is 0 Å². The van der Waals surface area contributed by atoms with E-state index < -0.39 is 0 Å². The molecule has 0 fully saturated rings.